The molecule has 0 bridgehead atoms. The van der Waals surface area contributed by atoms with Gasteiger partial charge in [-0.1, -0.05) is 19.0 Å². The van der Waals surface area contributed by atoms with Gasteiger partial charge in [0.1, 0.15) is 11.3 Å². The molecule has 5 heteroatoms. The van der Waals surface area contributed by atoms with E-state index in [-0.39, 0.29) is 5.91 Å². The average Bonchev–Trinajstić information content (AvgIpc) is 2.75. The minimum atomic E-state index is 0.0653. The number of carbonyl (C=O) groups excluding carboxylic acids is 1. The molecule has 0 aromatic carbocycles. The zero-order chi connectivity index (χ0) is 14.7. The summed E-state index contributed by atoms with van der Waals surface area (Å²) >= 11 is 0. The SMILES string of the molecule is Cc1noc(C)c1C(=O)N1CCCC(CNC(C)C)C1. The number of aryl methyl sites for hydroxylation is 2. The first kappa shape index (κ1) is 15.0. The molecule has 1 aliphatic heterocycles. The Labute approximate surface area is 120 Å². The molecule has 1 fully saturated rings. The zero-order valence-electron chi connectivity index (χ0n) is 12.9. The van der Waals surface area contributed by atoms with E-state index in [4.69, 9.17) is 4.52 Å². The summed E-state index contributed by atoms with van der Waals surface area (Å²) in [5.41, 5.74) is 1.33. The van der Waals surface area contributed by atoms with Gasteiger partial charge in [0.2, 0.25) is 0 Å². The van der Waals surface area contributed by atoms with Crippen molar-refractivity contribution in [1.82, 2.24) is 15.4 Å². The highest BCUT2D eigenvalue weighted by Crippen LogP contribution is 2.21. The molecule has 1 unspecified atom stereocenters. The molecule has 2 heterocycles. The van der Waals surface area contributed by atoms with E-state index >= 15 is 0 Å². The highest BCUT2D eigenvalue weighted by molar-refractivity contribution is 5.96. The first-order chi connectivity index (χ1) is 9.49. The molecule has 1 aromatic rings. The Hall–Kier alpha value is -1.36. The van der Waals surface area contributed by atoms with Crippen molar-refractivity contribution in [3.63, 3.8) is 0 Å². The van der Waals surface area contributed by atoms with Crippen molar-refractivity contribution in [2.24, 2.45) is 5.92 Å². The van der Waals surface area contributed by atoms with Crippen LogP contribution >= 0.6 is 0 Å². The summed E-state index contributed by atoms with van der Waals surface area (Å²) in [5, 5.41) is 7.34. The van der Waals surface area contributed by atoms with Crippen LogP contribution in [-0.2, 0) is 0 Å². The summed E-state index contributed by atoms with van der Waals surface area (Å²) in [5.74, 6) is 1.22. The van der Waals surface area contributed by atoms with Crippen LogP contribution in [0.5, 0.6) is 0 Å². The molecule has 1 N–H and O–H groups in total. The fraction of sp³-hybridized carbons (Fsp3) is 0.733. The Balaban J connectivity index is 2.00. The van der Waals surface area contributed by atoms with E-state index in [1.807, 2.05) is 11.8 Å². The second-order valence-corrected chi connectivity index (χ2v) is 6.02. The van der Waals surface area contributed by atoms with Gasteiger partial charge in [-0.05, 0) is 39.2 Å². The van der Waals surface area contributed by atoms with Gasteiger partial charge in [-0.3, -0.25) is 4.79 Å². The van der Waals surface area contributed by atoms with Gasteiger partial charge in [-0.15, -0.1) is 0 Å². The highest BCUT2D eigenvalue weighted by Gasteiger charge is 2.28. The number of nitrogens with zero attached hydrogens (tertiary/aromatic N) is 2. The fourth-order valence-corrected chi connectivity index (χ4v) is 2.76. The Kier molecular flexibility index (Phi) is 4.81. The molecule has 20 heavy (non-hydrogen) atoms. The summed E-state index contributed by atoms with van der Waals surface area (Å²) in [6, 6.07) is 0.489. The third-order valence-corrected chi connectivity index (χ3v) is 3.87. The summed E-state index contributed by atoms with van der Waals surface area (Å²) in [7, 11) is 0. The van der Waals surface area contributed by atoms with Crippen molar-refractivity contribution in [1.29, 1.82) is 0 Å². The zero-order valence-corrected chi connectivity index (χ0v) is 12.9. The van der Waals surface area contributed by atoms with E-state index in [0.29, 0.717) is 29.0 Å². The quantitative estimate of drug-likeness (QED) is 0.917. The number of nitrogens with one attached hydrogen (secondary N) is 1. The van der Waals surface area contributed by atoms with Crippen LogP contribution in [0.25, 0.3) is 0 Å². The number of rotatable bonds is 4. The van der Waals surface area contributed by atoms with Gasteiger partial charge < -0.3 is 14.7 Å². The summed E-state index contributed by atoms with van der Waals surface area (Å²) < 4.78 is 5.10. The van der Waals surface area contributed by atoms with E-state index in [1.54, 1.807) is 6.92 Å². The van der Waals surface area contributed by atoms with Crippen LogP contribution in [0.15, 0.2) is 4.52 Å². The lowest BCUT2D eigenvalue weighted by Crippen LogP contribution is -2.44. The van der Waals surface area contributed by atoms with Gasteiger partial charge >= 0.3 is 0 Å². The molecule has 0 aliphatic carbocycles. The number of aromatic nitrogens is 1. The third-order valence-electron chi connectivity index (χ3n) is 3.87. The molecular weight excluding hydrogens is 254 g/mol. The van der Waals surface area contributed by atoms with E-state index in [0.717, 1.165) is 26.1 Å². The lowest BCUT2D eigenvalue weighted by atomic mass is 9.97. The van der Waals surface area contributed by atoms with E-state index in [1.165, 1.54) is 6.42 Å². The molecule has 5 nitrogen and oxygen atoms in total. The minimum Gasteiger partial charge on any atom is -0.361 e. The third kappa shape index (κ3) is 3.39. The van der Waals surface area contributed by atoms with Gasteiger partial charge in [0.25, 0.3) is 5.91 Å². The molecule has 2 rings (SSSR count). The molecule has 112 valence electrons. The highest BCUT2D eigenvalue weighted by atomic mass is 16.5. The Morgan fingerprint density at radius 3 is 2.85 bits per heavy atom. The lowest BCUT2D eigenvalue weighted by Gasteiger charge is -2.33. The van der Waals surface area contributed by atoms with Gasteiger partial charge in [0, 0.05) is 19.1 Å². The van der Waals surface area contributed by atoms with E-state index in [9.17, 15) is 4.79 Å². The largest absolute Gasteiger partial charge is 0.361 e. The predicted molar refractivity (Wildman–Crippen MR) is 77.7 cm³/mol. The molecular formula is C15H25N3O2. The van der Waals surface area contributed by atoms with Crippen molar-refractivity contribution >= 4 is 5.91 Å². The maximum atomic E-state index is 12.6. The fourth-order valence-electron chi connectivity index (χ4n) is 2.76. The minimum absolute atomic E-state index is 0.0653. The maximum Gasteiger partial charge on any atom is 0.259 e. The van der Waals surface area contributed by atoms with Crippen molar-refractivity contribution in [3.05, 3.63) is 17.0 Å². The van der Waals surface area contributed by atoms with Gasteiger partial charge in [-0.2, -0.15) is 0 Å². The average molecular weight is 279 g/mol. The number of amides is 1. The Morgan fingerprint density at radius 2 is 2.25 bits per heavy atom. The first-order valence-corrected chi connectivity index (χ1v) is 7.44. The number of hydrogen-bond donors (Lipinski definition) is 1. The molecule has 1 saturated heterocycles. The van der Waals surface area contributed by atoms with Gasteiger partial charge in [0.15, 0.2) is 0 Å². The second kappa shape index (κ2) is 6.39. The number of carbonyl (C=O) groups is 1. The Bertz CT molecular complexity index is 448. The second-order valence-electron chi connectivity index (χ2n) is 6.02. The van der Waals surface area contributed by atoms with Crippen LogP contribution in [0.2, 0.25) is 0 Å². The molecule has 0 radical (unpaired) electrons. The number of likely N-dealkylation sites (tertiary alicyclic amines) is 1. The molecule has 1 amide bonds. The van der Waals surface area contributed by atoms with E-state index < -0.39 is 0 Å². The smallest absolute Gasteiger partial charge is 0.259 e. The maximum absolute atomic E-state index is 12.6. The molecule has 1 aliphatic rings. The van der Waals surface area contributed by atoms with Crippen molar-refractivity contribution in [2.45, 2.75) is 46.6 Å². The summed E-state index contributed by atoms with van der Waals surface area (Å²) in [4.78, 5) is 14.5. The Morgan fingerprint density at radius 1 is 1.50 bits per heavy atom. The topological polar surface area (TPSA) is 58.4 Å². The monoisotopic (exact) mass is 279 g/mol. The summed E-state index contributed by atoms with van der Waals surface area (Å²) in [6.07, 6.45) is 2.25. The van der Waals surface area contributed by atoms with Crippen LogP contribution in [0.1, 0.15) is 48.5 Å². The number of hydrogen-bond acceptors (Lipinski definition) is 4. The van der Waals surface area contributed by atoms with Crippen LogP contribution in [0.4, 0.5) is 0 Å². The van der Waals surface area contributed by atoms with Crippen molar-refractivity contribution in [3.8, 4) is 0 Å². The van der Waals surface area contributed by atoms with E-state index in [2.05, 4.69) is 24.3 Å². The van der Waals surface area contributed by atoms with Crippen LogP contribution in [0, 0.1) is 19.8 Å². The summed E-state index contributed by atoms with van der Waals surface area (Å²) in [6.45, 7) is 10.6. The lowest BCUT2D eigenvalue weighted by molar-refractivity contribution is 0.0670. The molecule has 1 aromatic heterocycles. The standard InChI is InChI=1S/C15H25N3O2/c1-10(2)16-8-13-6-5-7-18(9-13)15(19)14-11(3)17-20-12(14)4/h10,13,16H,5-9H2,1-4H3. The first-order valence-electron chi connectivity index (χ1n) is 7.44. The molecule has 0 saturated carbocycles. The molecule has 1 atom stereocenters. The van der Waals surface area contributed by atoms with Gasteiger partial charge in [-0.25, -0.2) is 0 Å². The van der Waals surface area contributed by atoms with Crippen LogP contribution < -0.4 is 5.32 Å². The van der Waals surface area contributed by atoms with Gasteiger partial charge in [0.05, 0.1) is 5.69 Å². The predicted octanol–water partition coefficient (Wildman–Crippen LogP) is 2.14. The molecule has 0 spiro atoms. The van der Waals surface area contributed by atoms with Crippen LogP contribution in [0.3, 0.4) is 0 Å². The van der Waals surface area contributed by atoms with Crippen molar-refractivity contribution < 1.29 is 9.32 Å². The normalized spacial score (nSPS) is 19.6. The van der Waals surface area contributed by atoms with Crippen molar-refractivity contribution in [2.75, 3.05) is 19.6 Å². The van der Waals surface area contributed by atoms with Crippen LogP contribution in [-0.4, -0.2) is 41.6 Å². The number of piperidine rings is 1.